The second-order valence-corrected chi connectivity index (χ2v) is 9.41. The third-order valence-electron chi connectivity index (χ3n) is 5.18. The number of ether oxygens (including phenoxy) is 1. The van der Waals surface area contributed by atoms with Gasteiger partial charge in [0.05, 0.1) is 12.8 Å². The summed E-state index contributed by atoms with van der Waals surface area (Å²) in [6, 6.07) is 16.2. The van der Waals surface area contributed by atoms with Crippen LogP contribution >= 0.6 is 0 Å². The SMILES string of the molecule is CS(=O)(=O)N(CCCNCC(=O)OCC1c2ccccc2-c2ccccc21)CC(=O)O. The average Bonchev–Trinajstić information content (AvgIpc) is 3.04. The largest absolute Gasteiger partial charge is 0.480 e. The first kappa shape index (κ1) is 22.9. The van der Waals surface area contributed by atoms with Gasteiger partial charge in [0.25, 0.3) is 0 Å². The Morgan fingerprint density at radius 2 is 1.65 bits per heavy atom. The van der Waals surface area contributed by atoms with Gasteiger partial charge in [-0.3, -0.25) is 9.59 Å². The van der Waals surface area contributed by atoms with Crippen molar-refractivity contribution in [3.63, 3.8) is 0 Å². The molecule has 0 amide bonds. The van der Waals surface area contributed by atoms with Gasteiger partial charge in [-0.1, -0.05) is 48.5 Å². The molecule has 0 bridgehead atoms. The number of carbonyl (C=O) groups is 2. The van der Waals surface area contributed by atoms with Crippen molar-refractivity contribution < 1.29 is 27.9 Å². The van der Waals surface area contributed by atoms with Crippen LogP contribution in [0, 0.1) is 0 Å². The van der Waals surface area contributed by atoms with Crippen LogP contribution in [0.25, 0.3) is 11.1 Å². The zero-order valence-corrected chi connectivity index (χ0v) is 18.1. The maximum Gasteiger partial charge on any atom is 0.319 e. The molecule has 0 radical (unpaired) electrons. The molecular weight excluding hydrogens is 420 g/mol. The highest BCUT2D eigenvalue weighted by Crippen LogP contribution is 2.44. The van der Waals surface area contributed by atoms with Crippen LogP contribution in [-0.4, -0.2) is 68.8 Å². The highest BCUT2D eigenvalue weighted by molar-refractivity contribution is 7.88. The van der Waals surface area contributed by atoms with Gasteiger partial charge in [-0.2, -0.15) is 4.31 Å². The molecule has 8 nitrogen and oxygen atoms in total. The second kappa shape index (κ2) is 10.0. The summed E-state index contributed by atoms with van der Waals surface area (Å²) in [6.07, 6.45) is 1.34. The van der Waals surface area contributed by atoms with Crippen LogP contribution in [0.15, 0.2) is 48.5 Å². The van der Waals surface area contributed by atoms with Crippen molar-refractivity contribution >= 4 is 22.0 Å². The van der Waals surface area contributed by atoms with E-state index in [4.69, 9.17) is 9.84 Å². The molecule has 2 aromatic rings. The number of carboxylic acid groups (broad SMARTS) is 1. The van der Waals surface area contributed by atoms with Crippen molar-refractivity contribution in [3.8, 4) is 11.1 Å². The maximum atomic E-state index is 12.2. The van der Waals surface area contributed by atoms with E-state index in [2.05, 4.69) is 29.6 Å². The number of nitrogens with zero attached hydrogens (tertiary/aromatic N) is 1. The Hall–Kier alpha value is -2.75. The van der Waals surface area contributed by atoms with Crippen LogP contribution < -0.4 is 5.32 Å². The molecule has 31 heavy (non-hydrogen) atoms. The molecule has 0 saturated carbocycles. The molecule has 1 aliphatic rings. The van der Waals surface area contributed by atoms with Gasteiger partial charge in [0.2, 0.25) is 10.0 Å². The molecule has 2 N–H and O–H groups in total. The van der Waals surface area contributed by atoms with Crippen molar-refractivity contribution in [2.75, 3.05) is 39.0 Å². The van der Waals surface area contributed by atoms with Crippen molar-refractivity contribution in [2.24, 2.45) is 0 Å². The van der Waals surface area contributed by atoms with E-state index < -0.39 is 28.5 Å². The Morgan fingerprint density at radius 3 is 2.19 bits per heavy atom. The summed E-state index contributed by atoms with van der Waals surface area (Å²) in [5.74, 6) is -1.61. The average molecular weight is 447 g/mol. The summed E-state index contributed by atoms with van der Waals surface area (Å²) >= 11 is 0. The quantitative estimate of drug-likeness (QED) is 0.399. The van der Waals surface area contributed by atoms with Crippen LogP contribution in [0.3, 0.4) is 0 Å². The number of hydrogen-bond acceptors (Lipinski definition) is 6. The second-order valence-electron chi connectivity index (χ2n) is 7.43. The van der Waals surface area contributed by atoms with Crippen LogP contribution in [-0.2, 0) is 24.3 Å². The number of carboxylic acids is 1. The number of hydrogen-bond donors (Lipinski definition) is 2. The van der Waals surface area contributed by atoms with Crippen molar-refractivity contribution in [1.29, 1.82) is 0 Å². The molecule has 0 atom stereocenters. The number of carbonyl (C=O) groups excluding carboxylic acids is 1. The standard InChI is InChI=1S/C22H26N2O6S/c1-31(28,29)24(14-21(25)26)12-6-11-23-13-22(27)30-15-20-18-9-4-2-7-16(18)17-8-3-5-10-19(17)20/h2-5,7-10,20,23H,6,11-15H2,1H3,(H,25,26). The van der Waals surface area contributed by atoms with Crippen LogP contribution in [0.1, 0.15) is 23.5 Å². The highest BCUT2D eigenvalue weighted by atomic mass is 32.2. The minimum absolute atomic E-state index is 0.00399. The zero-order chi connectivity index (χ0) is 22.4. The van der Waals surface area contributed by atoms with Crippen LogP contribution in [0.5, 0.6) is 0 Å². The summed E-state index contributed by atoms with van der Waals surface area (Å²) in [5.41, 5.74) is 4.61. The van der Waals surface area contributed by atoms with Crippen molar-refractivity contribution in [3.05, 3.63) is 59.7 Å². The van der Waals surface area contributed by atoms with Gasteiger partial charge < -0.3 is 15.2 Å². The first-order chi connectivity index (χ1) is 14.8. The first-order valence-corrected chi connectivity index (χ1v) is 11.8. The Labute approximate surface area is 181 Å². The lowest BCUT2D eigenvalue weighted by Gasteiger charge is -2.17. The lowest BCUT2D eigenvalue weighted by atomic mass is 9.98. The fraction of sp³-hybridized carbons (Fsp3) is 0.364. The minimum Gasteiger partial charge on any atom is -0.480 e. The summed E-state index contributed by atoms with van der Waals surface area (Å²) in [6.45, 7) is 0.0761. The molecule has 0 aromatic heterocycles. The summed E-state index contributed by atoms with van der Waals surface area (Å²) in [4.78, 5) is 22.9. The molecular formula is C22H26N2O6S. The van der Waals surface area contributed by atoms with Gasteiger partial charge in [0.1, 0.15) is 13.2 Å². The third-order valence-corrected chi connectivity index (χ3v) is 6.43. The lowest BCUT2D eigenvalue weighted by Crippen LogP contribution is -2.37. The predicted molar refractivity (Wildman–Crippen MR) is 116 cm³/mol. The molecule has 2 aromatic carbocycles. The predicted octanol–water partition coefficient (Wildman–Crippen LogP) is 1.67. The Morgan fingerprint density at radius 1 is 1.06 bits per heavy atom. The molecule has 0 heterocycles. The number of esters is 1. The highest BCUT2D eigenvalue weighted by Gasteiger charge is 2.28. The van der Waals surface area contributed by atoms with Gasteiger partial charge in [0, 0.05) is 12.5 Å². The van der Waals surface area contributed by atoms with E-state index in [0.717, 1.165) is 32.8 Å². The van der Waals surface area contributed by atoms with Gasteiger partial charge in [-0.15, -0.1) is 0 Å². The smallest absolute Gasteiger partial charge is 0.319 e. The first-order valence-electron chi connectivity index (χ1n) is 9.99. The van der Waals surface area contributed by atoms with Crippen LogP contribution in [0.4, 0.5) is 0 Å². The van der Waals surface area contributed by atoms with Gasteiger partial charge in [0.15, 0.2) is 0 Å². The van der Waals surface area contributed by atoms with Crippen LogP contribution in [0.2, 0.25) is 0 Å². The van der Waals surface area contributed by atoms with E-state index in [-0.39, 0.29) is 25.6 Å². The molecule has 166 valence electrons. The molecule has 0 fully saturated rings. The molecule has 9 heteroatoms. The van der Waals surface area contributed by atoms with E-state index in [1.165, 1.54) is 0 Å². The molecule has 0 saturated heterocycles. The minimum atomic E-state index is -3.60. The monoisotopic (exact) mass is 446 g/mol. The lowest BCUT2D eigenvalue weighted by molar-refractivity contribution is -0.142. The van der Waals surface area contributed by atoms with E-state index in [9.17, 15) is 18.0 Å². The normalized spacial score (nSPS) is 13.1. The molecule has 1 aliphatic carbocycles. The molecule has 0 unspecified atom stereocenters. The number of benzene rings is 2. The Balaban J connectivity index is 1.45. The number of aliphatic carboxylic acids is 1. The maximum absolute atomic E-state index is 12.2. The van der Waals surface area contributed by atoms with E-state index in [1.807, 2.05) is 24.3 Å². The summed E-state index contributed by atoms with van der Waals surface area (Å²) in [5, 5.41) is 11.7. The van der Waals surface area contributed by atoms with Gasteiger partial charge in [-0.05, 0) is 35.2 Å². The number of fused-ring (bicyclic) bond motifs is 3. The topological polar surface area (TPSA) is 113 Å². The summed E-state index contributed by atoms with van der Waals surface area (Å²) in [7, 11) is -3.60. The van der Waals surface area contributed by atoms with E-state index in [0.29, 0.717) is 13.0 Å². The third kappa shape index (κ3) is 5.90. The summed E-state index contributed by atoms with van der Waals surface area (Å²) < 4.78 is 29.6. The van der Waals surface area contributed by atoms with Gasteiger partial charge in [-0.25, -0.2) is 8.42 Å². The molecule has 0 spiro atoms. The molecule has 3 rings (SSSR count). The number of nitrogens with one attached hydrogen (secondary N) is 1. The fourth-order valence-corrected chi connectivity index (χ4v) is 4.56. The molecule has 0 aliphatic heterocycles. The number of sulfonamides is 1. The van der Waals surface area contributed by atoms with Crippen molar-refractivity contribution in [2.45, 2.75) is 12.3 Å². The van der Waals surface area contributed by atoms with Gasteiger partial charge >= 0.3 is 11.9 Å². The zero-order valence-electron chi connectivity index (χ0n) is 17.3. The Bertz CT molecular complexity index is 1010. The van der Waals surface area contributed by atoms with Crippen molar-refractivity contribution in [1.82, 2.24) is 9.62 Å². The Kier molecular flexibility index (Phi) is 7.42. The van der Waals surface area contributed by atoms with E-state index in [1.54, 1.807) is 0 Å². The fourth-order valence-electron chi connectivity index (χ4n) is 3.75. The van der Waals surface area contributed by atoms with E-state index >= 15 is 0 Å². The number of rotatable bonds is 11.